The van der Waals surface area contributed by atoms with E-state index in [4.69, 9.17) is 21.1 Å². The van der Waals surface area contributed by atoms with E-state index >= 15 is 0 Å². The van der Waals surface area contributed by atoms with Gasteiger partial charge in [0.15, 0.2) is 11.9 Å². The summed E-state index contributed by atoms with van der Waals surface area (Å²) >= 11 is 5.88. The zero-order valence-electron chi connectivity index (χ0n) is 15.7. The minimum Gasteiger partial charge on any atom is -0.486 e. The number of likely N-dealkylation sites (tertiary alicyclic amines) is 1. The highest BCUT2D eigenvalue weighted by molar-refractivity contribution is 6.30. The van der Waals surface area contributed by atoms with Crippen molar-refractivity contribution < 1.29 is 19.1 Å². The molecule has 1 atom stereocenters. The van der Waals surface area contributed by atoms with Crippen molar-refractivity contribution in [2.75, 3.05) is 13.1 Å². The van der Waals surface area contributed by atoms with Crippen LogP contribution in [-0.2, 0) is 4.79 Å². The predicted molar refractivity (Wildman–Crippen MR) is 106 cm³/mol. The molecule has 5 nitrogen and oxygen atoms in total. The third-order valence-corrected chi connectivity index (χ3v) is 5.71. The van der Waals surface area contributed by atoms with Gasteiger partial charge in [0.25, 0.3) is 5.91 Å². The van der Waals surface area contributed by atoms with E-state index in [9.17, 15) is 9.59 Å². The molecule has 6 heteroatoms. The van der Waals surface area contributed by atoms with Crippen molar-refractivity contribution >= 4 is 23.3 Å². The molecule has 28 heavy (non-hydrogen) atoms. The first-order valence-corrected chi connectivity index (χ1v) is 9.86. The Balaban J connectivity index is 1.38. The summed E-state index contributed by atoms with van der Waals surface area (Å²) in [6, 6.07) is 14.3. The summed E-state index contributed by atoms with van der Waals surface area (Å²) in [4.78, 5) is 27.1. The highest BCUT2D eigenvalue weighted by Crippen LogP contribution is 2.39. The van der Waals surface area contributed by atoms with Crippen LogP contribution in [0.5, 0.6) is 11.5 Å². The van der Waals surface area contributed by atoms with Crippen LogP contribution in [0.4, 0.5) is 0 Å². The van der Waals surface area contributed by atoms with Gasteiger partial charge in [0.2, 0.25) is 0 Å². The van der Waals surface area contributed by atoms with Crippen molar-refractivity contribution in [1.82, 2.24) is 4.90 Å². The number of nitrogens with zero attached hydrogens (tertiary/aromatic N) is 1. The Morgan fingerprint density at radius 1 is 1.14 bits per heavy atom. The molecule has 1 unspecified atom stereocenters. The molecule has 2 aromatic rings. The third-order valence-electron chi connectivity index (χ3n) is 5.46. The van der Waals surface area contributed by atoms with Crippen LogP contribution < -0.4 is 9.47 Å². The molecule has 2 aliphatic heterocycles. The number of ketones is 1. The van der Waals surface area contributed by atoms with E-state index in [0.29, 0.717) is 54.4 Å². The largest absolute Gasteiger partial charge is 0.486 e. The number of amides is 1. The van der Waals surface area contributed by atoms with Gasteiger partial charge >= 0.3 is 0 Å². The fraction of sp³-hybridized carbons (Fsp3) is 0.364. The first-order valence-electron chi connectivity index (χ1n) is 9.48. The van der Waals surface area contributed by atoms with Crippen molar-refractivity contribution in [3.8, 4) is 11.5 Å². The van der Waals surface area contributed by atoms with E-state index in [1.54, 1.807) is 42.2 Å². The van der Waals surface area contributed by atoms with Gasteiger partial charge in [-0.05, 0) is 43.3 Å². The number of hydrogen-bond donors (Lipinski definition) is 0. The summed E-state index contributed by atoms with van der Waals surface area (Å²) in [6.45, 7) is 2.84. The Morgan fingerprint density at radius 3 is 2.54 bits per heavy atom. The summed E-state index contributed by atoms with van der Waals surface area (Å²) in [6.07, 6.45) is 1.03. The Bertz CT molecular complexity index is 888. The topological polar surface area (TPSA) is 55.8 Å². The number of carbonyl (C=O) groups is 2. The molecule has 4 rings (SSSR count). The van der Waals surface area contributed by atoms with Gasteiger partial charge in [-0.2, -0.15) is 0 Å². The lowest BCUT2D eigenvalue weighted by Gasteiger charge is -2.44. The Labute approximate surface area is 169 Å². The fourth-order valence-corrected chi connectivity index (χ4v) is 4.01. The van der Waals surface area contributed by atoms with Crippen molar-refractivity contribution in [3.63, 3.8) is 0 Å². The fourth-order valence-electron chi connectivity index (χ4n) is 3.88. The second-order valence-electron chi connectivity index (χ2n) is 7.42. The van der Waals surface area contributed by atoms with Gasteiger partial charge in [-0.1, -0.05) is 23.7 Å². The molecular weight excluding hydrogens is 378 g/mol. The Kier molecular flexibility index (Phi) is 5.02. The lowest BCUT2D eigenvalue weighted by atomic mass is 9.82. The van der Waals surface area contributed by atoms with E-state index in [1.165, 1.54) is 0 Å². The SMILES string of the molecule is CC(Oc1ccc(Cl)cc1)C(=O)N1CCC2(CC1)CC(=O)c1ccccc1O2. The molecule has 1 spiro atoms. The summed E-state index contributed by atoms with van der Waals surface area (Å²) in [7, 11) is 0. The number of para-hydroxylation sites is 1. The van der Waals surface area contributed by atoms with Crippen LogP contribution in [0.3, 0.4) is 0 Å². The van der Waals surface area contributed by atoms with Crippen LogP contribution in [0, 0.1) is 0 Å². The number of benzene rings is 2. The first kappa shape index (κ1) is 18.8. The molecular formula is C22H22ClNO4. The van der Waals surface area contributed by atoms with Gasteiger partial charge in [0, 0.05) is 31.0 Å². The van der Waals surface area contributed by atoms with Crippen LogP contribution in [0.15, 0.2) is 48.5 Å². The molecule has 0 saturated carbocycles. The summed E-state index contributed by atoms with van der Waals surface area (Å²) in [5.74, 6) is 1.31. The smallest absolute Gasteiger partial charge is 0.263 e. The minimum absolute atomic E-state index is 0.0627. The second-order valence-corrected chi connectivity index (χ2v) is 7.86. The number of halogens is 1. The highest BCUT2D eigenvalue weighted by atomic mass is 35.5. The molecule has 1 saturated heterocycles. The zero-order valence-corrected chi connectivity index (χ0v) is 16.4. The lowest BCUT2D eigenvalue weighted by molar-refractivity contribution is -0.141. The van der Waals surface area contributed by atoms with Gasteiger partial charge in [-0.3, -0.25) is 9.59 Å². The van der Waals surface area contributed by atoms with E-state index in [-0.39, 0.29) is 11.7 Å². The highest BCUT2D eigenvalue weighted by Gasteiger charge is 2.44. The summed E-state index contributed by atoms with van der Waals surface area (Å²) < 4.78 is 12.0. The number of hydrogen-bond acceptors (Lipinski definition) is 4. The molecule has 0 aliphatic carbocycles. The maximum Gasteiger partial charge on any atom is 0.263 e. The molecule has 0 N–H and O–H groups in total. The number of Topliss-reactive ketones (excluding diaryl/α,β-unsaturated/α-hetero) is 1. The van der Waals surface area contributed by atoms with Gasteiger partial charge in [-0.15, -0.1) is 0 Å². The molecule has 0 bridgehead atoms. The van der Waals surface area contributed by atoms with Gasteiger partial charge in [-0.25, -0.2) is 0 Å². The Hall–Kier alpha value is -2.53. The Morgan fingerprint density at radius 2 is 1.82 bits per heavy atom. The molecule has 2 heterocycles. The second kappa shape index (κ2) is 7.47. The van der Waals surface area contributed by atoms with Gasteiger partial charge in [0.05, 0.1) is 12.0 Å². The monoisotopic (exact) mass is 399 g/mol. The molecule has 1 fully saturated rings. The summed E-state index contributed by atoms with van der Waals surface area (Å²) in [5.41, 5.74) is 0.138. The average Bonchev–Trinajstić information content (AvgIpc) is 2.70. The molecule has 0 radical (unpaired) electrons. The van der Waals surface area contributed by atoms with Crippen LogP contribution in [0.25, 0.3) is 0 Å². The first-order chi connectivity index (χ1) is 13.5. The third kappa shape index (κ3) is 3.72. The molecule has 2 aliphatic rings. The van der Waals surface area contributed by atoms with Crippen LogP contribution in [0.1, 0.15) is 36.5 Å². The average molecular weight is 400 g/mol. The van der Waals surface area contributed by atoms with E-state index in [0.717, 1.165) is 0 Å². The van der Waals surface area contributed by atoms with Gasteiger partial charge < -0.3 is 14.4 Å². The van der Waals surface area contributed by atoms with Crippen molar-refractivity contribution in [1.29, 1.82) is 0 Å². The maximum absolute atomic E-state index is 12.8. The standard InChI is InChI=1S/C22H22ClNO4/c1-15(27-17-8-6-16(23)7-9-17)21(26)24-12-10-22(11-13-24)14-19(25)18-4-2-3-5-20(18)28-22/h2-9,15H,10-14H2,1H3. The number of carbonyl (C=O) groups excluding carboxylic acids is 2. The molecule has 146 valence electrons. The van der Waals surface area contributed by atoms with Crippen LogP contribution in [-0.4, -0.2) is 41.4 Å². The number of piperidine rings is 1. The molecule has 1 amide bonds. The van der Waals surface area contributed by atoms with E-state index in [2.05, 4.69) is 0 Å². The normalized spacial score (nSPS) is 18.9. The van der Waals surface area contributed by atoms with Crippen molar-refractivity contribution in [2.24, 2.45) is 0 Å². The van der Waals surface area contributed by atoms with Gasteiger partial charge in [0.1, 0.15) is 17.1 Å². The maximum atomic E-state index is 12.8. The summed E-state index contributed by atoms with van der Waals surface area (Å²) in [5, 5.41) is 0.622. The quantitative estimate of drug-likeness (QED) is 0.778. The number of ether oxygens (including phenoxy) is 2. The lowest BCUT2D eigenvalue weighted by Crippen LogP contribution is -2.54. The van der Waals surface area contributed by atoms with E-state index < -0.39 is 11.7 Å². The minimum atomic E-state index is -0.593. The molecule has 0 aromatic heterocycles. The predicted octanol–water partition coefficient (Wildman–Crippen LogP) is 4.13. The van der Waals surface area contributed by atoms with Crippen molar-refractivity contribution in [2.45, 2.75) is 37.9 Å². The van der Waals surface area contributed by atoms with Crippen LogP contribution >= 0.6 is 11.6 Å². The van der Waals surface area contributed by atoms with Crippen molar-refractivity contribution in [3.05, 3.63) is 59.1 Å². The zero-order chi connectivity index (χ0) is 19.7. The number of fused-ring (bicyclic) bond motifs is 1. The van der Waals surface area contributed by atoms with Crippen LogP contribution in [0.2, 0.25) is 5.02 Å². The molecule has 2 aromatic carbocycles. The number of rotatable bonds is 3. The van der Waals surface area contributed by atoms with E-state index in [1.807, 2.05) is 18.2 Å².